The van der Waals surface area contributed by atoms with Gasteiger partial charge < -0.3 is 15.6 Å². The molecule has 0 radical (unpaired) electrons. The van der Waals surface area contributed by atoms with Gasteiger partial charge >= 0.3 is 0 Å². The first-order valence-corrected chi connectivity index (χ1v) is 5.87. The van der Waals surface area contributed by atoms with Crippen LogP contribution in [0.5, 0.6) is 0 Å². The Kier molecular flexibility index (Phi) is 7.93. The lowest BCUT2D eigenvalue weighted by Crippen LogP contribution is -2.44. The monoisotopic (exact) mass is 220 g/mol. The molecular formula is C9H20N2O2S. The van der Waals surface area contributed by atoms with Crippen molar-refractivity contribution in [3.8, 4) is 0 Å². The summed E-state index contributed by atoms with van der Waals surface area (Å²) in [6.07, 6.45) is 1.67. The molecule has 4 N–H and O–H groups in total. The van der Waals surface area contributed by atoms with Crippen LogP contribution in [0.1, 0.15) is 26.7 Å². The van der Waals surface area contributed by atoms with Gasteiger partial charge in [-0.25, -0.2) is 0 Å². The Bertz CT molecular complexity index is 167. The molecule has 84 valence electrons. The van der Waals surface area contributed by atoms with Crippen molar-refractivity contribution in [1.82, 2.24) is 5.32 Å². The normalized spacial score (nSPS) is 14.9. The van der Waals surface area contributed by atoms with E-state index in [2.05, 4.69) is 5.32 Å². The Morgan fingerprint density at radius 2 is 2.29 bits per heavy atom. The number of nitrogens with one attached hydrogen (secondary N) is 1. The molecule has 0 aromatic carbocycles. The van der Waals surface area contributed by atoms with Crippen LogP contribution in [-0.4, -0.2) is 28.8 Å². The van der Waals surface area contributed by atoms with Crippen molar-refractivity contribution >= 4 is 17.9 Å². The standard InChI is InChI=1S/C9H20N2O2S/c1-3-7(2)8(10)9(12)11-5-4-6-14-13/h7-8,13H,3-6,10H2,1-2H3,(H,11,12). The van der Waals surface area contributed by atoms with E-state index in [0.717, 1.165) is 24.9 Å². The second-order valence-electron chi connectivity index (χ2n) is 3.39. The summed E-state index contributed by atoms with van der Waals surface area (Å²) in [4.78, 5) is 11.4. The van der Waals surface area contributed by atoms with E-state index < -0.39 is 6.04 Å². The minimum Gasteiger partial charge on any atom is -0.355 e. The zero-order valence-electron chi connectivity index (χ0n) is 8.82. The molecule has 14 heavy (non-hydrogen) atoms. The fourth-order valence-electron chi connectivity index (χ4n) is 0.979. The lowest BCUT2D eigenvalue weighted by atomic mass is 9.99. The number of amides is 1. The Morgan fingerprint density at radius 3 is 2.79 bits per heavy atom. The summed E-state index contributed by atoms with van der Waals surface area (Å²) in [6, 6.07) is -0.415. The lowest BCUT2D eigenvalue weighted by Gasteiger charge is -2.17. The number of nitrogens with two attached hydrogens (primary N) is 1. The molecule has 0 aromatic rings. The SMILES string of the molecule is CCC(C)C(N)C(=O)NCCCSO. The van der Waals surface area contributed by atoms with Gasteiger partial charge in [0.2, 0.25) is 5.91 Å². The highest BCUT2D eigenvalue weighted by molar-refractivity contribution is 7.93. The Hall–Kier alpha value is -0.260. The maximum Gasteiger partial charge on any atom is 0.237 e. The van der Waals surface area contributed by atoms with E-state index in [9.17, 15) is 4.79 Å². The van der Waals surface area contributed by atoms with Crippen LogP contribution in [0, 0.1) is 5.92 Å². The van der Waals surface area contributed by atoms with E-state index >= 15 is 0 Å². The zero-order chi connectivity index (χ0) is 11.0. The van der Waals surface area contributed by atoms with E-state index in [1.807, 2.05) is 13.8 Å². The Morgan fingerprint density at radius 1 is 1.64 bits per heavy atom. The number of hydrogen-bond donors (Lipinski definition) is 3. The van der Waals surface area contributed by atoms with E-state index in [4.69, 9.17) is 10.3 Å². The smallest absolute Gasteiger partial charge is 0.237 e. The van der Waals surface area contributed by atoms with Crippen LogP contribution in [-0.2, 0) is 4.79 Å². The van der Waals surface area contributed by atoms with Crippen LogP contribution >= 0.6 is 12.0 Å². The first-order valence-electron chi connectivity index (χ1n) is 4.93. The molecule has 0 aromatic heterocycles. The molecule has 0 rings (SSSR count). The topological polar surface area (TPSA) is 75.4 Å². The lowest BCUT2D eigenvalue weighted by molar-refractivity contribution is -0.123. The van der Waals surface area contributed by atoms with Gasteiger partial charge in [0.25, 0.3) is 0 Å². The molecule has 0 aliphatic rings. The first kappa shape index (κ1) is 13.7. The fourth-order valence-corrected chi connectivity index (χ4v) is 1.25. The van der Waals surface area contributed by atoms with Gasteiger partial charge in [0.15, 0.2) is 0 Å². The fraction of sp³-hybridized carbons (Fsp3) is 0.889. The predicted octanol–water partition coefficient (Wildman–Crippen LogP) is 1.07. The van der Waals surface area contributed by atoms with E-state index in [1.165, 1.54) is 0 Å². The van der Waals surface area contributed by atoms with Crippen LogP contribution in [0.2, 0.25) is 0 Å². The molecule has 0 bridgehead atoms. The highest BCUT2D eigenvalue weighted by Crippen LogP contribution is 2.04. The van der Waals surface area contributed by atoms with Crippen molar-refractivity contribution in [1.29, 1.82) is 0 Å². The molecule has 0 spiro atoms. The molecule has 2 unspecified atom stereocenters. The minimum atomic E-state index is -0.415. The molecular weight excluding hydrogens is 200 g/mol. The second-order valence-corrected chi connectivity index (χ2v) is 4.06. The summed E-state index contributed by atoms with van der Waals surface area (Å²) >= 11 is 0.790. The summed E-state index contributed by atoms with van der Waals surface area (Å²) < 4.78 is 8.45. The number of carbonyl (C=O) groups is 1. The average molecular weight is 220 g/mol. The van der Waals surface area contributed by atoms with E-state index in [0.29, 0.717) is 12.3 Å². The van der Waals surface area contributed by atoms with Crippen molar-refractivity contribution in [3.63, 3.8) is 0 Å². The molecule has 5 heteroatoms. The zero-order valence-corrected chi connectivity index (χ0v) is 9.64. The van der Waals surface area contributed by atoms with Gasteiger partial charge in [0.05, 0.1) is 6.04 Å². The third kappa shape index (κ3) is 5.47. The summed E-state index contributed by atoms with van der Waals surface area (Å²) in [5.74, 6) is 0.753. The first-order chi connectivity index (χ1) is 6.63. The number of carbonyl (C=O) groups excluding carboxylic acids is 1. The molecule has 2 atom stereocenters. The second kappa shape index (κ2) is 8.08. The van der Waals surface area contributed by atoms with Crippen LogP contribution < -0.4 is 11.1 Å². The summed E-state index contributed by atoms with van der Waals surface area (Å²) in [5.41, 5.74) is 5.72. The highest BCUT2D eigenvalue weighted by Gasteiger charge is 2.18. The molecule has 0 saturated carbocycles. The van der Waals surface area contributed by atoms with Crippen molar-refractivity contribution in [3.05, 3.63) is 0 Å². The van der Waals surface area contributed by atoms with Gasteiger partial charge in [-0.2, -0.15) is 0 Å². The predicted molar refractivity (Wildman–Crippen MR) is 60.1 cm³/mol. The van der Waals surface area contributed by atoms with Gasteiger partial charge in [-0.05, 0) is 24.4 Å². The third-order valence-electron chi connectivity index (χ3n) is 2.27. The summed E-state index contributed by atoms with van der Waals surface area (Å²) in [7, 11) is 0. The van der Waals surface area contributed by atoms with E-state index in [1.54, 1.807) is 0 Å². The highest BCUT2D eigenvalue weighted by atomic mass is 32.2. The van der Waals surface area contributed by atoms with Gasteiger partial charge in [0.1, 0.15) is 0 Å². The minimum absolute atomic E-state index is 0.0951. The van der Waals surface area contributed by atoms with Crippen LogP contribution in [0.25, 0.3) is 0 Å². The van der Waals surface area contributed by atoms with Crippen LogP contribution in [0.15, 0.2) is 0 Å². The summed E-state index contributed by atoms with van der Waals surface area (Å²) in [6.45, 7) is 4.56. The molecule has 1 amide bonds. The number of rotatable bonds is 7. The summed E-state index contributed by atoms with van der Waals surface area (Å²) in [5, 5.41) is 2.74. The Balaban J connectivity index is 3.62. The largest absolute Gasteiger partial charge is 0.355 e. The van der Waals surface area contributed by atoms with E-state index in [-0.39, 0.29) is 11.8 Å². The molecule has 0 aliphatic heterocycles. The average Bonchev–Trinajstić information content (AvgIpc) is 2.21. The molecule has 4 nitrogen and oxygen atoms in total. The van der Waals surface area contributed by atoms with Crippen LogP contribution in [0.3, 0.4) is 0 Å². The van der Waals surface area contributed by atoms with Gasteiger partial charge in [-0.3, -0.25) is 4.79 Å². The third-order valence-corrected chi connectivity index (χ3v) is 2.74. The van der Waals surface area contributed by atoms with Crippen molar-refractivity contribution in [2.45, 2.75) is 32.7 Å². The molecule has 0 fully saturated rings. The van der Waals surface area contributed by atoms with Crippen molar-refractivity contribution in [2.24, 2.45) is 11.7 Å². The van der Waals surface area contributed by atoms with Crippen molar-refractivity contribution < 1.29 is 9.35 Å². The number of hydrogen-bond acceptors (Lipinski definition) is 4. The quantitative estimate of drug-likeness (QED) is 0.443. The molecule has 0 aliphatic carbocycles. The van der Waals surface area contributed by atoms with Gasteiger partial charge in [-0.1, -0.05) is 20.3 Å². The van der Waals surface area contributed by atoms with Gasteiger partial charge in [-0.15, -0.1) is 0 Å². The maximum absolute atomic E-state index is 11.4. The molecule has 0 saturated heterocycles. The maximum atomic E-state index is 11.4. The molecule has 0 heterocycles. The Labute approximate surface area is 89.8 Å². The van der Waals surface area contributed by atoms with Crippen molar-refractivity contribution in [2.75, 3.05) is 12.3 Å². The van der Waals surface area contributed by atoms with Gasteiger partial charge in [0, 0.05) is 12.3 Å². The van der Waals surface area contributed by atoms with Crippen LogP contribution in [0.4, 0.5) is 0 Å².